The predicted octanol–water partition coefficient (Wildman–Crippen LogP) is 1.51. The van der Waals surface area contributed by atoms with E-state index >= 15 is 0 Å². The lowest BCUT2D eigenvalue weighted by atomic mass is 9.89. The lowest BCUT2D eigenvalue weighted by Crippen LogP contribution is -2.51. The van der Waals surface area contributed by atoms with Crippen molar-refractivity contribution in [2.24, 2.45) is 5.41 Å². The first-order chi connectivity index (χ1) is 6.68. The molecular weight excluding hydrogens is 180 g/mol. The molecule has 2 aliphatic rings. The van der Waals surface area contributed by atoms with Gasteiger partial charge in [0.2, 0.25) is 0 Å². The Bertz CT molecular complexity index is 187. The van der Waals surface area contributed by atoms with Crippen LogP contribution in [-0.2, 0) is 9.47 Å². The van der Waals surface area contributed by atoms with Crippen LogP contribution in [0.4, 0.5) is 0 Å². The molecule has 1 spiro atoms. The number of hydrogen-bond donors (Lipinski definition) is 1. The molecule has 0 bridgehead atoms. The van der Waals surface area contributed by atoms with Crippen LogP contribution in [0.5, 0.6) is 0 Å². The van der Waals surface area contributed by atoms with Gasteiger partial charge in [-0.25, -0.2) is 0 Å². The van der Waals surface area contributed by atoms with E-state index < -0.39 is 5.79 Å². The standard InChI is InChI=1S/C11H19O3/c1-10(7-12)8-13-11(14-9-10)5-3-2-4-6-11/h5,12H,2-4,6-9H2,1H3. The molecule has 3 nitrogen and oxygen atoms in total. The zero-order valence-corrected chi connectivity index (χ0v) is 8.79. The minimum Gasteiger partial charge on any atom is -0.396 e. The molecule has 1 N–H and O–H groups in total. The van der Waals surface area contributed by atoms with Gasteiger partial charge in [-0.05, 0) is 12.8 Å². The van der Waals surface area contributed by atoms with E-state index in [2.05, 4.69) is 6.42 Å². The fourth-order valence-corrected chi connectivity index (χ4v) is 1.97. The summed E-state index contributed by atoms with van der Waals surface area (Å²) >= 11 is 0. The number of rotatable bonds is 1. The zero-order valence-electron chi connectivity index (χ0n) is 8.79. The van der Waals surface area contributed by atoms with Gasteiger partial charge in [0.05, 0.1) is 19.8 Å². The van der Waals surface area contributed by atoms with Crippen LogP contribution < -0.4 is 0 Å². The Morgan fingerprint density at radius 2 is 2.00 bits per heavy atom. The second-order valence-corrected chi connectivity index (χ2v) is 4.81. The van der Waals surface area contributed by atoms with Crippen LogP contribution in [0.25, 0.3) is 0 Å². The molecular formula is C11H19O3. The Kier molecular flexibility index (Phi) is 2.82. The van der Waals surface area contributed by atoms with Crippen molar-refractivity contribution >= 4 is 0 Å². The number of aliphatic hydroxyl groups is 1. The van der Waals surface area contributed by atoms with Gasteiger partial charge in [0.25, 0.3) is 0 Å². The molecule has 1 aliphatic heterocycles. The summed E-state index contributed by atoms with van der Waals surface area (Å²) in [6, 6.07) is 0. The first kappa shape index (κ1) is 10.4. The largest absolute Gasteiger partial charge is 0.396 e. The van der Waals surface area contributed by atoms with E-state index in [9.17, 15) is 0 Å². The van der Waals surface area contributed by atoms with Crippen molar-refractivity contribution in [3.8, 4) is 0 Å². The molecule has 3 heteroatoms. The highest BCUT2D eigenvalue weighted by atomic mass is 16.7. The maximum Gasteiger partial charge on any atom is 0.171 e. The summed E-state index contributed by atoms with van der Waals surface area (Å²) in [5, 5.41) is 9.17. The minimum absolute atomic E-state index is 0.128. The maximum absolute atomic E-state index is 9.17. The number of aliphatic hydroxyl groups excluding tert-OH is 1. The molecule has 0 aromatic carbocycles. The molecule has 2 rings (SSSR count). The van der Waals surface area contributed by atoms with Crippen LogP contribution in [0.15, 0.2) is 0 Å². The molecule has 1 saturated carbocycles. The molecule has 1 saturated heterocycles. The van der Waals surface area contributed by atoms with Gasteiger partial charge in [0, 0.05) is 18.3 Å². The molecule has 0 unspecified atom stereocenters. The van der Waals surface area contributed by atoms with Crippen LogP contribution in [-0.4, -0.2) is 30.7 Å². The van der Waals surface area contributed by atoms with Crippen molar-refractivity contribution in [1.82, 2.24) is 0 Å². The molecule has 1 aliphatic carbocycles. The molecule has 1 radical (unpaired) electrons. The summed E-state index contributed by atoms with van der Waals surface area (Å²) in [7, 11) is 0. The second kappa shape index (κ2) is 3.80. The summed E-state index contributed by atoms with van der Waals surface area (Å²) in [6.07, 6.45) is 6.61. The number of ether oxygens (including phenoxy) is 2. The highest BCUT2D eigenvalue weighted by molar-refractivity contribution is 4.94. The van der Waals surface area contributed by atoms with Crippen LogP contribution in [0, 0.1) is 11.8 Å². The van der Waals surface area contributed by atoms with Gasteiger partial charge in [-0.2, -0.15) is 0 Å². The highest BCUT2D eigenvalue weighted by Gasteiger charge is 2.42. The quantitative estimate of drug-likeness (QED) is 0.695. The van der Waals surface area contributed by atoms with Gasteiger partial charge in [-0.3, -0.25) is 0 Å². The minimum atomic E-state index is -0.424. The van der Waals surface area contributed by atoms with Gasteiger partial charge in [0.15, 0.2) is 5.79 Å². The second-order valence-electron chi connectivity index (χ2n) is 4.81. The van der Waals surface area contributed by atoms with Gasteiger partial charge in [-0.15, -0.1) is 0 Å². The summed E-state index contributed by atoms with van der Waals surface area (Å²) in [5.41, 5.74) is -0.212. The molecule has 14 heavy (non-hydrogen) atoms. The monoisotopic (exact) mass is 199 g/mol. The Morgan fingerprint density at radius 3 is 2.50 bits per heavy atom. The van der Waals surface area contributed by atoms with Crippen molar-refractivity contribution in [3.05, 3.63) is 6.42 Å². The zero-order chi connectivity index (χ0) is 10.1. The summed E-state index contributed by atoms with van der Waals surface area (Å²) in [6.45, 7) is 3.31. The fraction of sp³-hybridized carbons (Fsp3) is 0.909. The van der Waals surface area contributed by atoms with Crippen LogP contribution >= 0.6 is 0 Å². The smallest absolute Gasteiger partial charge is 0.171 e. The first-order valence-electron chi connectivity index (χ1n) is 5.41. The van der Waals surface area contributed by atoms with Gasteiger partial charge in [0.1, 0.15) is 0 Å². The third kappa shape index (κ3) is 1.95. The van der Waals surface area contributed by atoms with E-state index in [1.165, 1.54) is 12.8 Å². The van der Waals surface area contributed by atoms with Crippen LogP contribution in [0.2, 0.25) is 0 Å². The molecule has 0 aromatic rings. The first-order valence-corrected chi connectivity index (χ1v) is 5.41. The topological polar surface area (TPSA) is 38.7 Å². The van der Waals surface area contributed by atoms with Gasteiger partial charge in [-0.1, -0.05) is 13.3 Å². The summed E-state index contributed by atoms with van der Waals surface area (Å²) in [4.78, 5) is 0. The van der Waals surface area contributed by atoms with E-state index in [4.69, 9.17) is 14.6 Å². The van der Waals surface area contributed by atoms with Gasteiger partial charge >= 0.3 is 0 Å². The summed E-state index contributed by atoms with van der Waals surface area (Å²) in [5.74, 6) is -0.424. The fourth-order valence-electron chi connectivity index (χ4n) is 1.97. The van der Waals surface area contributed by atoms with E-state index in [1.807, 2.05) is 6.92 Å². The third-order valence-electron chi connectivity index (χ3n) is 3.15. The Labute approximate surface area is 85.4 Å². The third-order valence-corrected chi connectivity index (χ3v) is 3.15. The molecule has 1 heterocycles. The van der Waals surface area contributed by atoms with Crippen molar-refractivity contribution in [1.29, 1.82) is 0 Å². The molecule has 0 aromatic heterocycles. The van der Waals surface area contributed by atoms with E-state index in [-0.39, 0.29) is 12.0 Å². The van der Waals surface area contributed by atoms with Crippen molar-refractivity contribution in [2.75, 3.05) is 19.8 Å². The number of hydrogen-bond acceptors (Lipinski definition) is 3. The average Bonchev–Trinajstić information content (AvgIpc) is 2.25. The molecule has 81 valence electrons. The van der Waals surface area contributed by atoms with E-state index in [1.54, 1.807) is 0 Å². The molecule has 0 atom stereocenters. The molecule has 0 amide bonds. The SMILES string of the molecule is CC1(CO)COC2([CH]CCCC2)OC1. The van der Waals surface area contributed by atoms with Gasteiger partial charge < -0.3 is 14.6 Å². The van der Waals surface area contributed by atoms with E-state index in [0.29, 0.717) is 13.2 Å². The van der Waals surface area contributed by atoms with Crippen LogP contribution in [0.1, 0.15) is 32.6 Å². The predicted molar refractivity (Wildman–Crippen MR) is 52.6 cm³/mol. The lowest BCUT2D eigenvalue weighted by Gasteiger charge is -2.45. The molecule has 2 fully saturated rings. The Balaban J connectivity index is 1.93. The van der Waals surface area contributed by atoms with Crippen molar-refractivity contribution < 1.29 is 14.6 Å². The van der Waals surface area contributed by atoms with Crippen LogP contribution in [0.3, 0.4) is 0 Å². The Morgan fingerprint density at radius 1 is 1.29 bits per heavy atom. The summed E-state index contributed by atoms with van der Waals surface area (Å²) < 4.78 is 11.6. The Hall–Kier alpha value is -0.120. The highest BCUT2D eigenvalue weighted by Crippen LogP contribution is 2.38. The lowest BCUT2D eigenvalue weighted by molar-refractivity contribution is -0.295. The van der Waals surface area contributed by atoms with Crippen molar-refractivity contribution in [3.63, 3.8) is 0 Å². The average molecular weight is 199 g/mol. The normalized spacial score (nSPS) is 30.4. The van der Waals surface area contributed by atoms with E-state index in [0.717, 1.165) is 12.8 Å². The maximum atomic E-state index is 9.17. The van der Waals surface area contributed by atoms with Crippen molar-refractivity contribution in [2.45, 2.75) is 38.4 Å².